The fourth-order valence-corrected chi connectivity index (χ4v) is 5.84. The molecule has 5 rings (SSSR count). The Morgan fingerprint density at radius 3 is 2.80 bits per heavy atom. The zero-order valence-corrected chi connectivity index (χ0v) is 26.2. The molecule has 0 fully saturated rings. The van der Waals surface area contributed by atoms with Crippen LogP contribution in [0.2, 0.25) is 0 Å². The summed E-state index contributed by atoms with van der Waals surface area (Å²) < 4.78 is 18.9. The predicted molar refractivity (Wildman–Crippen MR) is 171 cm³/mol. The monoisotopic (exact) mass is 618 g/mol. The van der Waals surface area contributed by atoms with Gasteiger partial charge >= 0.3 is 5.97 Å². The van der Waals surface area contributed by atoms with Gasteiger partial charge in [0.2, 0.25) is 0 Å². The van der Waals surface area contributed by atoms with Crippen LogP contribution in [0.15, 0.2) is 74.4 Å². The van der Waals surface area contributed by atoms with E-state index in [0.717, 1.165) is 17.7 Å². The number of carbonyl (C=O) groups is 1. The first-order valence-corrected chi connectivity index (χ1v) is 15.3. The lowest BCUT2D eigenvalue weighted by molar-refractivity contribution is -0.158. The van der Waals surface area contributed by atoms with Crippen molar-refractivity contribution in [3.05, 3.63) is 92.3 Å². The number of likely N-dealkylation sites (N-methyl/N-ethyl adjacent to an activating group) is 1. The number of benzene rings is 1. The molecular weight excluding hydrogens is 576 g/mol. The maximum Gasteiger partial charge on any atom is 0.333 e. The number of aliphatic hydroxyl groups is 1. The number of hydrogen-bond acceptors (Lipinski definition) is 11. The zero-order chi connectivity index (χ0) is 32.3. The van der Waals surface area contributed by atoms with Gasteiger partial charge in [-0.15, -0.1) is 0 Å². The Morgan fingerprint density at radius 2 is 2.13 bits per heavy atom. The van der Waals surface area contributed by atoms with Gasteiger partial charge in [-0.1, -0.05) is 25.2 Å². The number of phenolic OH excluding ortho intramolecular Hbond substituents is 1. The Kier molecular flexibility index (Phi) is 9.40. The number of nitrogens with one attached hydrogen (secondary N) is 3. The van der Waals surface area contributed by atoms with Gasteiger partial charge in [-0.2, -0.15) is 0 Å². The third kappa shape index (κ3) is 6.64. The maximum atomic E-state index is 13.3. The number of rotatable bonds is 10. The van der Waals surface area contributed by atoms with Crippen molar-refractivity contribution < 1.29 is 28.9 Å². The standard InChI is InChI=1S/C34H42N4O7/c1-5-19(3)33(42)44-26-16-23-30(41)29-25(40)15-22(18-39)43-32(29)24(13-21-10-12-37-27(35)14-21)31(23)45-34(26,4)11-9-20-7-8-28(36-6-2)38-17-20/h5,7-8,10,14-15,17,26,28,36-39,41H,6,9,11-13,16,18,35H2,1-4H3/b19-5-/t26-,28?,34+/m1/s1. The molecule has 240 valence electrons. The molecule has 1 aromatic heterocycles. The van der Waals surface area contributed by atoms with E-state index in [2.05, 4.69) is 28.1 Å². The van der Waals surface area contributed by atoms with Crippen molar-refractivity contribution in [2.24, 2.45) is 5.73 Å². The lowest BCUT2D eigenvalue weighted by atomic mass is 9.82. The number of aliphatic hydroxyl groups excluding tert-OH is 1. The summed E-state index contributed by atoms with van der Waals surface area (Å²) in [5.41, 5.74) is 7.92. The molecule has 11 nitrogen and oxygen atoms in total. The van der Waals surface area contributed by atoms with E-state index < -0.39 is 29.7 Å². The van der Waals surface area contributed by atoms with Crippen LogP contribution in [-0.2, 0) is 29.0 Å². The van der Waals surface area contributed by atoms with Gasteiger partial charge in [-0.3, -0.25) is 10.1 Å². The number of ether oxygens (including phenoxy) is 2. The number of dihydropyridines is 2. The van der Waals surface area contributed by atoms with Crippen molar-refractivity contribution in [1.29, 1.82) is 0 Å². The second-order valence-electron chi connectivity index (χ2n) is 11.8. The molecule has 0 bridgehead atoms. The second kappa shape index (κ2) is 13.3. The van der Waals surface area contributed by atoms with Crippen LogP contribution in [0.25, 0.3) is 11.0 Å². The fourth-order valence-electron chi connectivity index (χ4n) is 5.84. The smallest absolute Gasteiger partial charge is 0.333 e. The molecule has 0 radical (unpaired) electrons. The number of aromatic hydroxyl groups is 1. The van der Waals surface area contributed by atoms with E-state index in [-0.39, 0.29) is 41.5 Å². The molecule has 3 aliphatic heterocycles. The molecule has 1 aromatic carbocycles. The summed E-state index contributed by atoms with van der Waals surface area (Å²) in [6.07, 6.45) is 12.3. The van der Waals surface area contributed by atoms with Crippen LogP contribution in [0.1, 0.15) is 57.4 Å². The molecule has 1 unspecified atom stereocenters. The molecule has 0 saturated heterocycles. The van der Waals surface area contributed by atoms with Gasteiger partial charge in [-0.25, -0.2) is 4.79 Å². The highest BCUT2D eigenvalue weighted by molar-refractivity contribution is 5.91. The molecule has 4 heterocycles. The number of carbonyl (C=O) groups excluding carboxylic acids is 1. The van der Waals surface area contributed by atoms with Crippen LogP contribution in [0, 0.1) is 0 Å². The van der Waals surface area contributed by atoms with Gasteiger partial charge in [0.1, 0.15) is 46.5 Å². The van der Waals surface area contributed by atoms with Crippen LogP contribution in [0.5, 0.6) is 11.5 Å². The first-order valence-electron chi connectivity index (χ1n) is 15.3. The lowest BCUT2D eigenvalue weighted by Crippen LogP contribution is -2.51. The number of esters is 1. The van der Waals surface area contributed by atoms with Crippen LogP contribution < -0.4 is 31.8 Å². The Bertz CT molecular complexity index is 1700. The quantitative estimate of drug-likeness (QED) is 0.171. The lowest BCUT2D eigenvalue weighted by Gasteiger charge is -2.43. The number of allylic oxidation sites excluding steroid dienone is 5. The summed E-state index contributed by atoms with van der Waals surface area (Å²) in [7, 11) is 0. The van der Waals surface area contributed by atoms with Crippen molar-refractivity contribution in [1.82, 2.24) is 16.0 Å². The normalized spacial score (nSPS) is 22.8. The number of fused-ring (bicyclic) bond motifs is 2. The number of phenols is 1. The van der Waals surface area contributed by atoms with Crippen LogP contribution in [-0.4, -0.2) is 47.1 Å². The van der Waals surface area contributed by atoms with Crippen molar-refractivity contribution in [3.8, 4) is 11.5 Å². The summed E-state index contributed by atoms with van der Waals surface area (Å²) in [5.74, 6) is 0.145. The molecule has 0 spiro atoms. The highest BCUT2D eigenvalue weighted by Gasteiger charge is 2.46. The van der Waals surface area contributed by atoms with E-state index in [1.54, 1.807) is 26.0 Å². The molecule has 7 N–H and O–H groups in total. The average molecular weight is 619 g/mol. The molecule has 3 aliphatic rings. The van der Waals surface area contributed by atoms with E-state index in [4.69, 9.17) is 19.6 Å². The third-order valence-electron chi connectivity index (χ3n) is 8.59. The summed E-state index contributed by atoms with van der Waals surface area (Å²) in [5, 5.41) is 31.1. The molecular formula is C34H42N4O7. The molecule has 45 heavy (non-hydrogen) atoms. The molecule has 3 atom stereocenters. The molecule has 2 aromatic rings. The van der Waals surface area contributed by atoms with E-state index in [9.17, 15) is 19.8 Å². The van der Waals surface area contributed by atoms with E-state index in [1.807, 2.05) is 26.1 Å². The summed E-state index contributed by atoms with van der Waals surface area (Å²) in [4.78, 5) is 26.3. The highest BCUT2D eigenvalue weighted by atomic mass is 16.6. The Balaban J connectivity index is 1.61. The SMILES string of the molecule is C/C=C(/C)C(=O)O[C@@H]1Cc2c(c(CC3=CCNC(N)=C3)c3oc(CO)cc(=O)c3c2O)O[C@@]1(C)CCC1=CNC(NCC)C=C1. The summed E-state index contributed by atoms with van der Waals surface area (Å²) in [6, 6.07) is 1.17. The average Bonchev–Trinajstić information content (AvgIpc) is 3.02. The van der Waals surface area contributed by atoms with Gasteiger partial charge in [0, 0.05) is 48.4 Å². The van der Waals surface area contributed by atoms with Gasteiger partial charge in [-0.05, 0) is 63.5 Å². The first kappa shape index (κ1) is 31.9. The topological polar surface area (TPSA) is 168 Å². The van der Waals surface area contributed by atoms with Crippen molar-refractivity contribution in [2.75, 3.05) is 13.1 Å². The third-order valence-corrected chi connectivity index (χ3v) is 8.59. The minimum atomic E-state index is -1.02. The van der Waals surface area contributed by atoms with Crippen LogP contribution >= 0.6 is 0 Å². The van der Waals surface area contributed by atoms with Crippen molar-refractivity contribution in [3.63, 3.8) is 0 Å². The van der Waals surface area contributed by atoms with Crippen molar-refractivity contribution in [2.45, 2.75) is 77.9 Å². The fraction of sp³-hybridized carbons (Fsp3) is 0.412. The highest BCUT2D eigenvalue weighted by Crippen LogP contribution is 2.48. The Morgan fingerprint density at radius 1 is 1.33 bits per heavy atom. The minimum Gasteiger partial charge on any atom is -0.507 e. The largest absolute Gasteiger partial charge is 0.507 e. The van der Waals surface area contributed by atoms with Gasteiger partial charge in [0.25, 0.3) is 0 Å². The zero-order valence-electron chi connectivity index (χ0n) is 26.2. The van der Waals surface area contributed by atoms with Crippen LogP contribution in [0.3, 0.4) is 0 Å². The summed E-state index contributed by atoms with van der Waals surface area (Å²) >= 11 is 0. The Hall–Kier alpha value is -4.48. The van der Waals surface area contributed by atoms with E-state index in [0.29, 0.717) is 47.7 Å². The van der Waals surface area contributed by atoms with Gasteiger partial charge in [0.05, 0.1) is 12.0 Å². The Labute approximate surface area is 262 Å². The van der Waals surface area contributed by atoms with Gasteiger partial charge in [0.15, 0.2) is 5.43 Å². The predicted octanol–water partition coefficient (Wildman–Crippen LogP) is 3.19. The van der Waals surface area contributed by atoms with E-state index in [1.165, 1.54) is 6.07 Å². The molecule has 0 aliphatic carbocycles. The van der Waals surface area contributed by atoms with Gasteiger partial charge < -0.3 is 40.5 Å². The number of hydrogen-bond donors (Lipinski definition) is 6. The molecule has 0 amide bonds. The molecule has 0 saturated carbocycles. The summed E-state index contributed by atoms with van der Waals surface area (Å²) in [6.45, 7) is 8.24. The van der Waals surface area contributed by atoms with Crippen LogP contribution in [0.4, 0.5) is 0 Å². The second-order valence-corrected chi connectivity index (χ2v) is 11.8. The minimum absolute atomic E-state index is 0.0202. The van der Waals surface area contributed by atoms with E-state index >= 15 is 0 Å². The number of nitrogens with two attached hydrogens (primary N) is 1. The molecule has 11 heteroatoms. The first-order chi connectivity index (χ1) is 21.6. The van der Waals surface area contributed by atoms with Crippen molar-refractivity contribution >= 4 is 16.9 Å². The maximum absolute atomic E-state index is 13.3.